The van der Waals surface area contributed by atoms with Gasteiger partial charge < -0.3 is 5.11 Å². The van der Waals surface area contributed by atoms with Crippen LogP contribution in [0.25, 0.3) is 0 Å². The molecule has 0 aliphatic rings. The van der Waals surface area contributed by atoms with Crippen molar-refractivity contribution < 1.29 is 9.90 Å². The maximum absolute atomic E-state index is 10.2. The average Bonchev–Trinajstić information content (AvgIpc) is 2.39. The summed E-state index contributed by atoms with van der Waals surface area (Å²) in [4.78, 5) is 10.2. The highest BCUT2D eigenvalue weighted by atomic mass is 16.4. The minimum atomic E-state index is -0.774. The van der Waals surface area contributed by atoms with Gasteiger partial charge in [0.05, 0.1) is 6.42 Å². The summed E-state index contributed by atoms with van der Waals surface area (Å²) < 4.78 is 0. The Morgan fingerprint density at radius 3 is 1.95 bits per heavy atom. The van der Waals surface area contributed by atoms with Crippen molar-refractivity contribution >= 4 is 5.97 Å². The Morgan fingerprint density at radius 1 is 0.842 bits per heavy atom. The third-order valence-electron chi connectivity index (χ3n) is 3.15. The molecule has 0 bridgehead atoms. The molecule has 0 rings (SSSR count). The molecule has 0 aromatic rings. The summed E-state index contributed by atoms with van der Waals surface area (Å²) >= 11 is 0. The van der Waals surface area contributed by atoms with Gasteiger partial charge in [-0.1, -0.05) is 82.6 Å². The molecule has 0 atom stereocenters. The lowest BCUT2D eigenvalue weighted by molar-refractivity contribution is -0.136. The number of carbonyl (C=O) groups is 1. The molecule has 0 aromatic carbocycles. The van der Waals surface area contributed by atoms with E-state index in [1.165, 1.54) is 57.8 Å². The van der Waals surface area contributed by atoms with E-state index in [9.17, 15) is 4.79 Å². The third-order valence-corrected chi connectivity index (χ3v) is 3.15. The van der Waals surface area contributed by atoms with E-state index in [1.807, 2.05) is 12.2 Å². The van der Waals surface area contributed by atoms with Crippen LogP contribution in [0.4, 0.5) is 0 Å². The van der Waals surface area contributed by atoms with Gasteiger partial charge in [-0.2, -0.15) is 0 Å². The molecular weight excluding hydrogens is 236 g/mol. The summed E-state index contributed by atoms with van der Waals surface area (Å²) in [5, 5.41) is 8.43. The van der Waals surface area contributed by atoms with Gasteiger partial charge in [-0.3, -0.25) is 4.79 Å². The molecule has 0 radical (unpaired) electrons. The van der Waals surface area contributed by atoms with Crippen molar-refractivity contribution in [2.45, 2.75) is 77.6 Å². The number of unbranched alkanes of at least 4 members (excludes halogenated alkanes) is 9. The van der Waals surface area contributed by atoms with E-state index >= 15 is 0 Å². The molecule has 0 aliphatic carbocycles. The van der Waals surface area contributed by atoms with Crippen molar-refractivity contribution in [2.75, 3.05) is 0 Å². The lowest BCUT2D eigenvalue weighted by Gasteiger charge is -2.00. The first kappa shape index (κ1) is 17.9. The molecule has 0 amide bonds. The van der Waals surface area contributed by atoms with E-state index in [2.05, 4.69) is 13.0 Å². The Kier molecular flexibility index (Phi) is 14.2. The van der Waals surface area contributed by atoms with Gasteiger partial charge >= 0.3 is 5.97 Å². The van der Waals surface area contributed by atoms with Gasteiger partial charge in [-0.25, -0.2) is 0 Å². The van der Waals surface area contributed by atoms with Gasteiger partial charge in [0.25, 0.3) is 0 Å². The first-order chi connectivity index (χ1) is 9.27. The minimum Gasteiger partial charge on any atom is -0.481 e. The van der Waals surface area contributed by atoms with Crippen molar-refractivity contribution in [1.82, 2.24) is 0 Å². The smallest absolute Gasteiger partial charge is 0.307 e. The molecule has 0 unspecified atom stereocenters. The van der Waals surface area contributed by atoms with E-state index in [4.69, 9.17) is 5.11 Å². The van der Waals surface area contributed by atoms with E-state index in [0.29, 0.717) is 0 Å². The van der Waals surface area contributed by atoms with E-state index in [1.54, 1.807) is 6.08 Å². The lowest BCUT2D eigenvalue weighted by atomic mass is 10.1. The van der Waals surface area contributed by atoms with Crippen LogP contribution >= 0.6 is 0 Å². The minimum absolute atomic E-state index is 0.113. The van der Waals surface area contributed by atoms with Gasteiger partial charge in [0.1, 0.15) is 0 Å². The normalized spacial score (nSPS) is 11.6. The summed E-state index contributed by atoms with van der Waals surface area (Å²) in [5.41, 5.74) is 0. The molecular formula is C17H30O2. The van der Waals surface area contributed by atoms with Crippen molar-refractivity contribution in [1.29, 1.82) is 0 Å². The van der Waals surface area contributed by atoms with Crippen LogP contribution in [0.15, 0.2) is 24.3 Å². The fourth-order valence-corrected chi connectivity index (χ4v) is 2.00. The highest BCUT2D eigenvalue weighted by Gasteiger charge is 1.91. The zero-order chi connectivity index (χ0) is 14.2. The number of rotatable bonds is 13. The first-order valence-corrected chi connectivity index (χ1v) is 7.80. The van der Waals surface area contributed by atoms with Crippen LogP contribution in [0.3, 0.4) is 0 Å². The molecule has 0 aromatic heterocycles. The summed E-state index contributed by atoms with van der Waals surface area (Å²) in [7, 11) is 0. The highest BCUT2D eigenvalue weighted by molar-refractivity contribution is 5.68. The van der Waals surface area contributed by atoms with E-state index in [0.717, 1.165) is 6.42 Å². The first-order valence-electron chi connectivity index (χ1n) is 7.80. The second kappa shape index (κ2) is 15.0. The van der Waals surface area contributed by atoms with Crippen LogP contribution in [-0.2, 0) is 4.79 Å². The van der Waals surface area contributed by atoms with Gasteiger partial charge in [-0.15, -0.1) is 0 Å². The molecule has 2 heteroatoms. The van der Waals surface area contributed by atoms with Gasteiger partial charge in [-0.05, 0) is 12.8 Å². The summed E-state index contributed by atoms with van der Waals surface area (Å²) in [6.45, 7) is 2.25. The molecule has 0 aliphatic heterocycles. The van der Waals surface area contributed by atoms with Crippen LogP contribution in [0, 0.1) is 0 Å². The Bertz CT molecular complexity index is 254. The Labute approximate surface area is 118 Å². The van der Waals surface area contributed by atoms with Crippen molar-refractivity contribution in [3.8, 4) is 0 Å². The summed E-state index contributed by atoms with van der Waals surface area (Å²) in [6.07, 6.45) is 21.0. The van der Waals surface area contributed by atoms with Crippen LogP contribution in [0.5, 0.6) is 0 Å². The van der Waals surface area contributed by atoms with Crippen molar-refractivity contribution in [3.05, 3.63) is 24.3 Å². The molecule has 2 nitrogen and oxygen atoms in total. The van der Waals surface area contributed by atoms with Crippen molar-refractivity contribution in [3.63, 3.8) is 0 Å². The van der Waals surface area contributed by atoms with Crippen LogP contribution < -0.4 is 0 Å². The average molecular weight is 266 g/mol. The molecule has 0 saturated carbocycles. The number of carboxylic acid groups (broad SMARTS) is 1. The summed E-state index contributed by atoms with van der Waals surface area (Å²) in [6, 6.07) is 0. The number of allylic oxidation sites excluding steroid dienone is 3. The Morgan fingerprint density at radius 2 is 1.37 bits per heavy atom. The number of hydrogen-bond acceptors (Lipinski definition) is 1. The van der Waals surface area contributed by atoms with Gasteiger partial charge in [0.15, 0.2) is 0 Å². The Hall–Kier alpha value is -1.05. The van der Waals surface area contributed by atoms with Crippen LogP contribution in [0.1, 0.15) is 77.6 Å². The second-order valence-electron chi connectivity index (χ2n) is 5.07. The second-order valence-corrected chi connectivity index (χ2v) is 5.07. The van der Waals surface area contributed by atoms with Crippen LogP contribution in [0.2, 0.25) is 0 Å². The lowest BCUT2D eigenvalue weighted by Crippen LogP contribution is -1.89. The van der Waals surface area contributed by atoms with Crippen molar-refractivity contribution in [2.24, 2.45) is 0 Å². The molecule has 0 spiro atoms. The molecule has 0 heterocycles. The summed E-state index contributed by atoms with van der Waals surface area (Å²) in [5.74, 6) is -0.774. The van der Waals surface area contributed by atoms with Gasteiger partial charge in [0.2, 0.25) is 0 Å². The predicted molar refractivity (Wildman–Crippen MR) is 82.4 cm³/mol. The fraction of sp³-hybridized carbons (Fsp3) is 0.706. The molecule has 0 fully saturated rings. The molecule has 110 valence electrons. The number of hydrogen-bond donors (Lipinski definition) is 1. The maximum Gasteiger partial charge on any atom is 0.307 e. The molecule has 0 saturated heterocycles. The molecule has 19 heavy (non-hydrogen) atoms. The maximum atomic E-state index is 10.2. The largest absolute Gasteiger partial charge is 0.481 e. The third kappa shape index (κ3) is 16.9. The highest BCUT2D eigenvalue weighted by Crippen LogP contribution is 2.10. The van der Waals surface area contributed by atoms with Crippen LogP contribution in [-0.4, -0.2) is 11.1 Å². The van der Waals surface area contributed by atoms with Gasteiger partial charge in [0, 0.05) is 0 Å². The molecule has 1 N–H and O–H groups in total. The van der Waals surface area contributed by atoms with E-state index in [-0.39, 0.29) is 6.42 Å². The number of aliphatic carboxylic acids is 1. The zero-order valence-electron chi connectivity index (χ0n) is 12.4. The fourth-order valence-electron chi connectivity index (χ4n) is 2.00. The quantitative estimate of drug-likeness (QED) is 0.353. The monoisotopic (exact) mass is 266 g/mol. The number of carboxylic acids is 1. The standard InChI is InChI=1S/C17H30O2/c1-2-3-4-5-6-7-8-9-10-11-12-13-14-15-16-17(18)19/h12-15H,2-11,16H2,1H3,(H,18,19). The van der Waals surface area contributed by atoms with E-state index < -0.39 is 5.97 Å². The zero-order valence-corrected chi connectivity index (χ0v) is 12.4. The Balaban J connectivity index is 3.16. The SMILES string of the molecule is CCCCCCCCCCCC=CC=CCC(=O)O. The topological polar surface area (TPSA) is 37.3 Å². The predicted octanol–water partition coefficient (Wildman–Crippen LogP) is 5.49.